The minimum Gasteiger partial charge on any atom is -0.450 e. The molecular weight excluding hydrogens is 376 g/mol. The molecule has 1 heterocycles. The molecule has 0 aliphatic heterocycles. The zero-order chi connectivity index (χ0) is 18.7. The van der Waals surface area contributed by atoms with E-state index in [1.165, 1.54) is 11.3 Å². The number of hydrogen-bond acceptors (Lipinski definition) is 5. The third kappa shape index (κ3) is 3.89. The molecule has 0 bridgehead atoms. The predicted molar refractivity (Wildman–Crippen MR) is 100 cm³/mol. The normalized spacial score (nSPS) is 12.4. The molecule has 3 rings (SSSR count). The minimum absolute atomic E-state index is 0.166. The van der Waals surface area contributed by atoms with Crippen LogP contribution in [0.15, 0.2) is 24.3 Å². The maximum atomic E-state index is 12.6. The van der Waals surface area contributed by atoms with Gasteiger partial charge in [0.05, 0.1) is 12.2 Å². The van der Waals surface area contributed by atoms with Crippen molar-refractivity contribution in [2.45, 2.75) is 26.2 Å². The maximum absolute atomic E-state index is 12.6. The van der Waals surface area contributed by atoms with Crippen molar-refractivity contribution < 1.29 is 19.1 Å². The third-order valence-corrected chi connectivity index (χ3v) is 5.40. The summed E-state index contributed by atoms with van der Waals surface area (Å²) in [6.07, 6.45) is 1.74. The maximum Gasteiger partial charge on any atom is 0.414 e. The number of carbonyl (C=O) groups excluding carboxylic acids is 3. The first-order valence-corrected chi connectivity index (χ1v) is 9.38. The molecular formula is C18H17ClN2O4S. The Bertz CT molecular complexity index is 878. The Morgan fingerprint density at radius 2 is 2.04 bits per heavy atom. The monoisotopic (exact) mass is 392 g/mol. The molecule has 136 valence electrons. The van der Waals surface area contributed by atoms with Crippen LogP contribution in [0.5, 0.6) is 0 Å². The van der Waals surface area contributed by atoms with Gasteiger partial charge in [-0.3, -0.25) is 14.9 Å². The topological polar surface area (TPSA) is 84.5 Å². The van der Waals surface area contributed by atoms with E-state index in [0.29, 0.717) is 21.2 Å². The van der Waals surface area contributed by atoms with E-state index in [-0.39, 0.29) is 12.5 Å². The molecule has 6 nitrogen and oxygen atoms in total. The lowest BCUT2D eigenvalue weighted by Crippen LogP contribution is -2.32. The SMILES string of the molecule is CCOC(=O)NC(=O)c1c(NC(=O)c2cccc(Cl)c2)sc2c1CCC2. The number of carbonyl (C=O) groups is 3. The average Bonchev–Trinajstić information content (AvgIpc) is 3.15. The van der Waals surface area contributed by atoms with Crippen LogP contribution in [0.25, 0.3) is 0 Å². The Hall–Kier alpha value is -2.38. The summed E-state index contributed by atoms with van der Waals surface area (Å²) in [5.41, 5.74) is 1.62. The van der Waals surface area contributed by atoms with Crippen molar-refractivity contribution in [2.75, 3.05) is 11.9 Å². The second kappa shape index (κ2) is 7.88. The van der Waals surface area contributed by atoms with Crippen LogP contribution in [0.1, 0.15) is 44.5 Å². The predicted octanol–water partition coefficient (Wildman–Crippen LogP) is 4.03. The number of fused-ring (bicyclic) bond motifs is 1. The van der Waals surface area contributed by atoms with Crippen molar-refractivity contribution in [3.63, 3.8) is 0 Å². The quantitative estimate of drug-likeness (QED) is 0.822. The molecule has 0 radical (unpaired) electrons. The van der Waals surface area contributed by atoms with Crippen LogP contribution in [0.2, 0.25) is 5.02 Å². The molecule has 0 atom stereocenters. The van der Waals surface area contributed by atoms with E-state index < -0.39 is 12.0 Å². The van der Waals surface area contributed by atoms with Gasteiger partial charge in [0.2, 0.25) is 0 Å². The van der Waals surface area contributed by atoms with Gasteiger partial charge in [-0.1, -0.05) is 17.7 Å². The van der Waals surface area contributed by atoms with Crippen LogP contribution in [0, 0.1) is 0 Å². The van der Waals surface area contributed by atoms with Crippen LogP contribution in [-0.4, -0.2) is 24.5 Å². The summed E-state index contributed by atoms with van der Waals surface area (Å²) in [7, 11) is 0. The second-order valence-electron chi connectivity index (χ2n) is 5.70. The number of alkyl carbamates (subject to hydrolysis) is 1. The Balaban J connectivity index is 1.87. The summed E-state index contributed by atoms with van der Waals surface area (Å²) >= 11 is 7.30. The van der Waals surface area contributed by atoms with E-state index in [2.05, 4.69) is 10.6 Å². The number of imide groups is 1. The van der Waals surface area contributed by atoms with E-state index in [0.717, 1.165) is 29.7 Å². The molecule has 0 spiro atoms. The molecule has 1 aliphatic rings. The molecule has 8 heteroatoms. The number of halogens is 1. The van der Waals surface area contributed by atoms with Gasteiger partial charge in [-0.25, -0.2) is 4.79 Å². The molecule has 0 fully saturated rings. The Kier molecular flexibility index (Phi) is 5.58. The van der Waals surface area contributed by atoms with Gasteiger partial charge in [-0.15, -0.1) is 11.3 Å². The van der Waals surface area contributed by atoms with E-state index in [1.54, 1.807) is 31.2 Å². The summed E-state index contributed by atoms with van der Waals surface area (Å²) in [4.78, 5) is 37.7. The smallest absolute Gasteiger partial charge is 0.414 e. The zero-order valence-electron chi connectivity index (χ0n) is 14.1. The Labute approximate surface area is 159 Å². The van der Waals surface area contributed by atoms with Crippen LogP contribution in [-0.2, 0) is 17.6 Å². The fourth-order valence-electron chi connectivity index (χ4n) is 2.86. The molecule has 1 aromatic carbocycles. The average molecular weight is 393 g/mol. The molecule has 0 unspecified atom stereocenters. The lowest BCUT2D eigenvalue weighted by Gasteiger charge is -2.09. The molecule has 2 N–H and O–H groups in total. The molecule has 0 saturated carbocycles. The summed E-state index contributed by atoms with van der Waals surface area (Å²) in [5, 5.41) is 5.87. The molecule has 3 amide bonds. The Morgan fingerprint density at radius 3 is 2.77 bits per heavy atom. The largest absolute Gasteiger partial charge is 0.450 e. The lowest BCUT2D eigenvalue weighted by atomic mass is 10.1. The van der Waals surface area contributed by atoms with Gasteiger partial charge in [0.15, 0.2) is 0 Å². The van der Waals surface area contributed by atoms with Crippen molar-refractivity contribution in [3.8, 4) is 0 Å². The number of amides is 3. The van der Waals surface area contributed by atoms with Crippen LogP contribution < -0.4 is 10.6 Å². The molecule has 1 aliphatic carbocycles. The second-order valence-corrected chi connectivity index (χ2v) is 7.24. The highest BCUT2D eigenvalue weighted by molar-refractivity contribution is 7.17. The third-order valence-electron chi connectivity index (χ3n) is 3.95. The van der Waals surface area contributed by atoms with Gasteiger partial charge in [-0.05, 0) is 49.9 Å². The van der Waals surface area contributed by atoms with E-state index in [9.17, 15) is 14.4 Å². The van der Waals surface area contributed by atoms with E-state index in [4.69, 9.17) is 16.3 Å². The van der Waals surface area contributed by atoms with E-state index >= 15 is 0 Å². The first-order chi connectivity index (χ1) is 12.5. The fraction of sp³-hybridized carbons (Fsp3) is 0.278. The highest BCUT2D eigenvalue weighted by atomic mass is 35.5. The zero-order valence-corrected chi connectivity index (χ0v) is 15.6. The highest BCUT2D eigenvalue weighted by Crippen LogP contribution is 2.39. The van der Waals surface area contributed by atoms with Crippen LogP contribution in [0.4, 0.5) is 9.80 Å². The fourth-order valence-corrected chi connectivity index (χ4v) is 4.33. The first kappa shape index (κ1) is 18.4. The van der Waals surface area contributed by atoms with Crippen molar-refractivity contribution in [3.05, 3.63) is 50.9 Å². The summed E-state index contributed by atoms with van der Waals surface area (Å²) in [6.45, 7) is 1.82. The van der Waals surface area contributed by atoms with Crippen molar-refractivity contribution in [2.24, 2.45) is 0 Å². The number of hydrogen-bond donors (Lipinski definition) is 2. The molecule has 1 aromatic heterocycles. The van der Waals surface area contributed by atoms with Gasteiger partial charge in [0.25, 0.3) is 11.8 Å². The van der Waals surface area contributed by atoms with Crippen molar-refractivity contribution >= 4 is 45.8 Å². The Morgan fingerprint density at radius 1 is 1.23 bits per heavy atom. The van der Waals surface area contributed by atoms with Gasteiger partial charge < -0.3 is 10.1 Å². The number of anilines is 1. The van der Waals surface area contributed by atoms with Crippen molar-refractivity contribution in [1.29, 1.82) is 0 Å². The molecule has 0 saturated heterocycles. The van der Waals surface area contributed by atoms with Crippen molar-refractivity contribution in [1.82, 2.24) is 5.32 Å². The molecule has 2 aromatic rings. The van der Waals surface area contributed by atoms with E-state index in [1.807, 2.05) is 0 Å². The number of nitrogens with one attached hydrogen (secondary N) is 2. The number of thiophene rings is 1. The number of benzene rings is 1. The summed E-state index contributed by atoms with van der Waals surface area (Å²) < 4.78 is 4.76. The number of aryl methyl sites for hydroxylation is 1. The van der Waals surface area contributed by atoms with Crippen LogP contribution >= 0.6 is 22.9 Å². The van der Waals surface area contributed by atoms with Gasteiger partial charge in [0.1, 0.15) is 5.00 Å². The van der Waals surface area contributed by atoms with Gasteiger partial charge >= 0.3 is 6.09 Å². The molecule has 26 heavy (non-hydrogen) atoms. The minimum atomic E-state index is -0.803. The highest BCUT2D eigenvalue weighted by Gasteiger charge is 2.28. The standard InChI is InChI=1S/C18H17ClN2O4S/c1-2-25-18(24)21-16(23)14-12-7-4-8-13(12)26-17(14)20-15(22)10-5-3-6-11(19)9-10/h3,5-6,9H,2,4,7-8H2,1H3,(H,20,22)(H,21,23,24). The van der Waals surface area contributed by atoms with Crippen LogP contribution in [0.3, 0.4) is 0 Å². The van der Waals surface area contributed by atoms with Gasteiger partial charge in [0, 0.05) is 15.5 Å². The summed E-state index contributed by atoms with van der Waals surface area (Å²) in [6, 6.07) is 6.55. The lowest BCUT2D eigenvalue weighted by molar-refractivity contribution is 0.0925. The number of rotatable bonds is 4. The number of ether oxygens (including phenoxy) is 1. The first-order valence-electron chi connectivity index (χ1n) is 8.19. The van der Waals surface area contributed by atoms with Gasteiger partial charge in [-0.2, -0.15) is 0 Å². The summed E-state index contributed by atoms with van der Waals surface area (Å²) in [5.74, 6) is -0.929.